The fourth-order valence-electron chi connectivity index (χ4n) is 1.82. The molecule has 2 nitrogen and oxygen atoms in total. The molecular formula is C12H17F3N2. The zero-order valence-electron chi connectivity index (χ0n) is 10.3. The van der Waals surface area contributed by atoms with Crippen LogP contribution in [0.2, 0.25) is 0 Å². The Kier molecular flexibility index (Phi) is 4.37. The Morgan fingerprint density at radius 2 is 1.94 bits per heavy atom. The maximum Gasteiger partial charge on any atom is 0.433 e. The Hall–Kier alpha value is -1.26. The van der Waals surface area contributed by atoms with E-state index in [1.807, 2.05) is 25.8 Å². The maximum absolute atomic E-state index is 12.4. The van der Waals surface area contributed by atoms with Gasteiger partial charge in [-0.2, -0.15) is 13.2 Å². The van der Waals surface area contributed by atoms with Crippen molar-refractivity contribution in [3.8, 4) is 0 Å². The third-order valence-corrected chi connectivity index (χ3v) is 2.61. The minimum Gasteiger partial charge on any atom is -0.373 e. The van der Waals surface area contributed by atoms with Gasteiger partial charge in [-0.1, -0.05) is 13.8 Å². The summed E-state index contributed by atoms with van der Waals surface area (Å²) >= 11 is 0. The number of rotatable bonds is 0. The number of hydrogen-bond donors (Lipinski definition) is 0. The summed E-state index contributed by atoms with van der Waals surface area (Å²) < 4.78 is 37.1. The summed E-state index contributed by atoms with van der Waals surface area (Å²) in [4.78, 5) is 5.38. The standard InChI is InChI=1S/C10H11F3N2.C2H6/c1-15-4-2-3-7-5-9(10(11,12)13)14-6-8(7)15;1-2/h5-6H,2-4H2,1H3;1-2H3. The zero-order chi connectivity index (χ0) is 13.1. The fraction of sp³-hybridized carbons (Fsp3) is 0.583. The van der Waals surface area contributed by atoms with Crippen molar-refractivity contribution in [2.24, 2.45) is 0 Å². The second-order valence-corrected chi connectivity index (χ2v) is 3.72. The van der Waals surface area contributed by atoms with Gasteiger partial charge in [0.15, 0.2) is 0 Å². The molecule has 5 heteroatoms. The van der Waals surface area contributed by atoms with Gasteiger partial charge in [0.2, 0.25) is 0 Å². The SMILES string of the molecule is CC.CN1CCCc2cc(C(F)(F)F)ncc21. The minimum atomic E-state index is -4.34. The van der Waals surface area contributed by atoms with Gasteiger partial charge in [0.05, 0.1) is 11.9 Å². The minimum absolute atomic E-state index is 0.700. The average Bonchev–Trinajstić information content (AvgIpc) is 2.30. The highest BCUT2D eigenvalue weighted by Crippen LogP contribution is 2.32. The van der Waals surface area contributed by atoms with Gasteiger partial charge in [0, 0.05) is 13.6 Å². The van der Waals surface area contributed by atoms with Crippen LogP contribution < -0.4 is 4.90 Å². The van der Waals surface area contributed by atoms with Gasteiger partial charge < -0.3 is 4.90 Å². The van der Waals surface area contributed by atoms with Gasteiger partial charge in [0.25, 0.3) is 0 Å². The van der Waals surface area contributed by atoms with Crippen molar-refractivity contribution < 1.29 is 13.2 Å². The quantitative estimate of drug-likeness (QED) is 0.696. The van der Waals surface area contributed by atoms with Crippen molar-refractivity contribution in [2.75, 3.05) is 18.5 Å². The summed E-state index contributed by atoms with van der Waals surface area (Å²) in [6, 6.07) is 1.16. The molecule has 2 heterocycles. The lowest BCUT2D eigenvalue weighted by Gasteiger charge is -2.27. The average molecular weight is 246 g/mol. The summed E-state index contributed by atoms with van der Waals surface area (Å²) in [7, 11) is 1.87. The zero-order valence-corrected chi connectivity index (χ0v) is 10.3. The lowest BCUT2D eigenvalue weighted by atomic mass is 10.0. The molecule has 0 saturated carbocycles. The topological polar surface area (TPSA) is 16.1 Å². The van der Waals surface area contributed by atoms with Crippen molar-refractivity contribution in [1.82, 2.24) is 4.98 Å². The van der Waals surface area contributed by atoms with Crippen LogP contribution >= 0.6 is 0 Å². The van der Waals surface area contributed by atoms with Crippen LogP contribution in [-0.4, -0.2) is 18.6 Å². The molecule has 0 amide bonds. The van der Waals surface area contributed by atoms with Crippen molar-refractivity contribution in [3.05, 3.63) is 23.5 Å². The summed E-state index contributed by atoms with van der Waals surface area (Å²) in [6.45, 7) is 4.88. The first-order chi connectivity index (χ1) is 7.98. The molecule has 1 aromatic heterocycles. The predicted molar refractivity (Wildman–Crippen MR) is 62.2 cm³/mol. The number of aromatic nitrogens is 1. The Morgan fingerprint density at radius 1 is 1.29 bits per heavy atom. The number of hydrogen-bond acceptors (Lipinski definition) is 2. The van der Waals surface area contributed by atoms with Crippen LogP contribution in [0.25, 0.3) is 0 Å². The first kappa shape index (κ1) is 13.8. The second-order valence-electron chi connectivity index (χ2n) is 3.72. The number of pyridine rings is 1. The summed E-state index contributed by atoms with van der Waals surface area (Å²) in [5.41, 5.74) is 0.761. The van der Waals surface area contributed by atoms with Gasteiger partial charge in [0.1, 0.15) is 5.69 Å². The smallest absolute Gasteiger partial charge is 0.373 e. The van der Waals surface area contributed by atoms with Crippen molar-refractivity contribution in [1.29, 1.82) is 0 Å². The third kappa shape index (κ3) is 3.11. The maximum atomic E-state index is 12.4. The number of nitrogens with zero attached hydrogens (tertiary/aromatic N) is 2. The molecule has 17 heavy (non-hydrogen) atoms. The first-order valence-corrected chi connectivity index (χ1v) is 5.76. The molecule has 0 atom stereocenters. The molecule has 0 aromatic carbocycles. The van der Waals surface area contributed by atoms with E-state index in [9.17, 15) is 13.2 Å². The first-order valence-electron chi connectivity index (χ1n) is 5.76. The van der Waals surface area contributed by atoms with Crippen LogP contribution in [0.3, 0.4) is 0 Å². The molecule has 0 unspecified atom stereocenters. The van der Waals surface area contributed by atoms with Crippen LogP contribution in [-0.2, 0) is 12.6 Å². The van der Waals surface area contributed by atoms with Crippen molar-refractivity contribution in [2.45, 2.75) is 32.9 Å². The number of fused-ring (bicyclic) bond motifs is 1. The number of anilines is 1. The highest BCUT2D eigenvalue weighted by molar-refractivity contribution is 5.53. The van der Waals surface area contributed by atoms with E-state index in [0.717, 1.165) is 30.3 Å². The number of alkyl halides is 3. The number of aryl methyl sites for hydroxylation is 1. The number of halogens is 3. The highest BCUT2D eigenvalue weighted by atomic mass is 19.4. The van der Waals surface area contributed by atoms with Gasteiger partial charge in [-0.3, -0.25) is 0 Å². The Bertz CT molecular complexity index is 375. The lowest BCUT2D eigenvalue weighted by Crippen LogP contribution is -2.25. The van der Waals surface area contributed by atoms with E-state index in [0.29, 0.717) is 6.42 Å². The fourth-order valence-corrected chi connectivity index (χ4v) is 1.82. The van der Waals surface area contributed by atoms with E-state index in [-0.39, 0.29) is 0 Å². The molecule has 1 aromatic rings. The third-order valence-electron chi connectivity index (χ3n) is 2.61. The molecule has 0 saturated heterocycles. The van der Waals surface area contributed by atoms with E-state index in [1.165, 1.54) is 6.20 Å². The summed E-state index contributed by atoms with van der Waals surface area (Å²) in [5.74, 6) is 0. The van der Waals surface area contributed by atoms with Gasteiger partial charge >= 0.3 is 6.18 Å². The van der Waals surface area contributed by atoms with E-state index in [4.69, 9.17) is 0 Å². The molecule has 96 valence electrons. The molecule has 0 aliphatic carbocycles. The van der Waals surface area contributed by atoms with Crippen molar-refractivity contribution >= 4 is 5.69 Å². The molecule has 0 bridgehead atoms. The largest absolute Gasteiger partial charge is 0.433 e. The van der Waals surface area contributed by atoms with Crippen LogP contribution in [0.5, 0.6) is 0 Å². The summed E-state index contributed by atoms with van der Waals surface area (Å²) in [6.07, 6.45) is -1.43. The van der Waals surface area contributed by atoms with Gasteiger partial charge in [-0.05, 0) is 24.5 Å². The van der Waals surface area contributed by atoms with E-state index in [2.05, 4.69) is 4.98 Å². The summed E-state index contributed by atoms with van der Waals surface area (Å²) in [5, 5.41) is 0. The van der Waals surface area contributed by atoms with Crippen LogP contribution in [0.1, 0.15) is 31.5 Å². The molecule has 2 rings (SSSR count). The lowest BCUT2D eigenvalue weighted by molar-refractivity contribution is -0.141. The monoisotopic (exact) mass is 246 g/mol. The second kappa shape index (κ2) is 5.38. The normalized spacial score (nSPS) is 14.8. The molecule has 1 aliphatic rings. The van der Waals surface area contributed by atoms with Crippen LogP contribution in [0.4, 0.5) is 18.9 Å². The molecular weight excluding hydrogens is 229 g/mol. The molecule has 0 spiro atoms. The predicted octanol–water partition coefficient (Wildman–Crippen LogP) is 3.51. The van der Waals surface area contributed by atoms with Crippen LogP contribution in [0.15, 0.2) is 12.3 Å². The van der Waals surface area contributed by atoms with Crippen LogP contribution in [0, 0.1) is 0 Å². The highest BCUT2D eigenvalue weighted by Gasteiger charge is 2.33. The van der Waals surface area contributed by atoms with Crippen molar-refractivity contribution in [3.63, 3.8) is 0 Å². The van der Waals surface area contributed by atoms with Gasteiger partial charge in [-0.25, -0.2) is 4.98 Å². The van der Waals surface area contributed by atoms with E-state index >= 15 is 0 Å². The van der Waals surface area contributed by atoms with Gasteiger partial charge in [-0.15, -0.1) is 0 Å². The molecule has 0 fully saturated rings. The molecule has 0 N–H and O–H groups in total. The Balaban J connectivity index is 0.000000686. The van der Waals surface area contributed by atoms with E-state index < -0.39 is 11.9 Å². The Morgan fingerprint density at radius 3 is 2.53 bits per heavy atom. The Labute approximate surface area is 99.5 Å². The molecule has 0 radical (unpaired) electrons. The van der Waals surface area contributed by atoms with E-state index in [1.54, 1.807) is 0 Å². The molecule has 1 aliphatic heterocycles.